The van der Waals surface area contributed by atoms with Crippen molar-refractivity contribution < 1.29 is 17.9 Å². The van der Waals surface area contributed by atoms with Gasteiger partial charge in [0.2, 0.25) is 15.9 Å². The number of carbonyl (C=O) groups excluding carboxylic acids is 1. The van der Waals surface area contributed by atoms with Gasteiger partial charge in [-0.15, -0.1) is 0 Å². The van der Waals surface area contributed by atoms with Gasteiger partial charge in [0.15, 0.2) is 0 Å². The maximum atomic E-state index is 12.2. The molecule has 1 saturated heterocycles. The first-order valence-corrected chi connectivity index (χ1v) is 10.6. The molecular weight excluding hydrogens is 372 g/mol. The van der Waals surface area contributed by atoms with Crippen LogP contribution in [0, 0.1) is 5.92 Å². The molecule has 0 spiro atoms. The van der Waals surface area contributed by atoms with Gasteiger partial charge >= 0.3 is 0 Å². The first-order valence-electron chi connectivity index (χ1n) is 7.85. The zero-order valence-corrected chi connectivity index (χ0v) is 15.4. The zero-order chi connectivity index (χ0) is 16.2. The fourth-order valence-electron chi connectivity index (χ4n) is 3.09. The summed E-state index contributed by atoms with van der Waals surface area (Å²) in [7, 11) is -3.23. The molecule has 1 aliphatic heterocycles. The van der Waals surface area contributed by atoms with Crippen LogP contribution in [0.1, 0.15) is 32.6 Å². The number of hydrogen-bond donors (Lipinski definition) is 0. The minimum absolute atomic E-state index is 0.0332. The molecule has 128 valence electrons. The molecule has 0 bridgehead atoms. The highest BCUT2D eigenvalue weighted by Crippen LogP contribution is 2.25. The van der Waals surface area contributed by atoms with Crippen LogP contribution in [0.5, 0.6) is 0 Å². The van der Waals surface area contributed by atoms with Crippen LogP contribution < -0.4 is 0 Å². The van der Waals surface area contributed by atoms with Crippen LogP contribution in [0.4, 0.5) is 0 Å². The monoisotopic (exact) mass is 396 g/mol. The number of carbonyl (C=O) groups is 1. The van der Waals surface area contributed by atoms with E-state index in [1.807, 2.05) is 0 Å². The second kappa shape index (κ2) is 8.08. The second-order valence-electron chi connectivity index (χ2n) is 6.21. The number of rotatable bonds is 5. The van der Waals surface area contributed by atoms with E-state index in [9.17, 15) is 13.2 Å². The minimum atomic E-state index is -3.23. The van der Waals surface area contributed by atoms with Crippen LogP contribution >= 0.6 is 15.9 Å². The third kappa shape index (κ3) is 4.91. The van der Waals surface area contributed by atoms with E-state index in [2.05, 4.69) is 22.9 Å². The third-order valence-electron chi connectivity index (χ3n) is 4.45. The summed E-state index contributed by atoms with van der Waals surface area (Å²) in [4.78, 5) is 13.9. The fraction of sp³-hybridized carbons (Fsp3) is 0.929. The van der Waals surface area contributed by atoms with Crippen LogP contribution in [-0.4, -0.2) is 67.1 Å². The number of amides is 1. The van der Waals surface area contributed by atoms with Crippen LogP contribution in [-0.2, 0) is 19.6 Å². The Morgan fingerprint density at radius 1 is 1.23 bits per heavy atom. The highest BCUT2D eigenvalue weighted by molar-refractivity contribution is 9.10. The highest BCUT2D eigenvalue weighted by atomic mass is 79.9. The van der Waals surface area contributed by atoms with E-state index in [0.29, 0.717) is 32.1 Å². The summed E-state index contributed by atoms with van der Waals surface area (Å²) in [5.74, 6) is 0.640. The Hall–Kier alpha value is -0.180. The standard InChI is InChI=1S/C14H25BrN2O4S/c1-12-3-2-4-13(9-12)21-10-14(18)16-5-7-17(8-6-16)22(19,20)11-15/h12-13H,2-11H2,1H3/t12-,13+/m1/s1. The third-order valence-corrected chi connectivity index (χ3v) is 7.62. The number of sulfonamides is 1. The SMILES string of the molecule is C[C@@H]1CCC[C@H](OCC(=O)N2CCN(S(=O)(=O)CBr)CC2)C1. The summed E-state index contributed by atoms with van der Waals surface area (Å²) in [6.07, 6.45) is 4.68. The molecule has 0 aromatic heterocycles. The number of hydrogen-bond acceptors (Lipinski definition) is 4. The molecule has 0 aromatic carbocycles. The van der Waals surface area contributed by atoms with Gasteiger partial charge < -0.3 is 9.64 Å². The number of alkyl halides is 1. The second-order valence-corrected chi connectivity index (χ2v) is 9.48. The highest BCUT2D eigenvalue weighted by Gasteiger charge is 2.28. The molecule has 0 radical (unpaired) electrons. The van der Waals surface area contributed by atoms with E-state index in [1.54, 1.807) is 4.90 Å². The van der Waals surface area contributed by atoms with E-state index in [1.165, 1.54) is 17.1 Å². The molecule has 0 N–H and O–H groups in total. The van der Waals surface area contributed by atoms with Crippen molar-refractivity contribution >= 4 is 31.9 Å². The van der Waals surface area contributed by atoms with Crippen molar-refractivity contribution in [2.45, 2.75) is 38.7 Å². The van der Waals surface area contributed by atoms with E-state index in [0.717, 1.165) is 12.8 Å². The molecule has 2 atom stereocenters. The average Bonchev–Trinajstić information content (AvgIpc) is 2.53. The summed E-state index contributed by atoms with van der Waals surface area (Å²) >= 11 is 2.99. The van der Waals surface area contributed by atoms with Crippen molar-refractivity contribution in [3.05, 3.63) is 0 Å². The predicted octanol–water partition coefficient (Wildman–Crippen LogP) is 1.41. The Morgan fingerprint density at radius 2 is 1.91 bits per heavy atom. The summed E-state index contributed by atoms with van der Waals surface area (Å²) in [5, 5.41) is 0. The quantitative estimate of drug-likeness (QED) is 0.658. The lowest BCUT2D eigenvalue weighted by atomic mass is 9.89. The molecule has 1 saturated carbocycles. The van der Waals surface area contributed by atoms with Gasteiger partial charge in [-0.25, -0.2) is 8.42 Å². The molecule has 2 aliphatic rings. The first-order chi connectivity index (χ1) is 10.4. The van der Waals surface area contributed by atoms with Gasteiger partial charge in [-0.2, -0.15) is 4.31 Å². The molecule has 8 heteroatoms. The number of ether oxygens (including phenoxy) is 1. The molecule has 2 rings (SSSR count). The Morgan fingerprint density at radius 3 is 2.50 bits per heavy atom. The molecule has 0 unspecified atom stereocenters. The van der Waals surface area contributed by atoms with E-state index in [4.69, 9.17) is 4.74 Å². The summed E-state index contributed by atoms with van der Waals surface area (Å²) in [5.41, 5.74) is 0. The smallest absolute Gasteiger partial charge is 0.248 e. The lowest BCUT2D eigenvalue weighted by molar-refractivity contribution is -0.140. The maximum Gasteiger partial charge on any atom is 0.248 e. The molecule has 1 amide bonds. The van der Waals surface area contributed by atoms with Crippen LogP contribution in [0.25, 0.3) is 0 Å². The topological polar surface area (TPSA) is 66.9 Å². The van der Waals surface area contributed by atoms with Gasteiger partial charge in [-0.05, 0) is 18.8 Å². The van der Waals surface area contributed by atoms with Crippen molar-refractivity contribution in [3.8, 4) is 0 Å². The number of nitrogens with zero attached hydrogens (tertiary/aromatic N) is 2. The van der Waals surface area contributed by atoms with Gasteiger partial charge in [-0.1, -0.05) is 35.7 Å². The minimum Gasteiger partial charge on any atom is -0.368 e. The zero-order valence-electron chi connectivity index (χ0n) is 13.0. The molecule has 6 nitrogen and oxygen atoms in total. The average molecular weight is 397 g/mol. The first kappa shape index (κ1) is 18.2. The van der Waals surface area contributed by atoms with Crippen molar-refractivity contribution in [1.29, 1.82) is 0 Å². The largest absolute Gasteiger partial charge is 0.368 e. The molecule has 1 aliphatic carbocycles. The van der Waals surface area contributed by atoms with Crippen LogP contribution in [0.3, 0.4) is 0 Å². The molecule has 0 aromatic rings. The summed E-state index contributed by atoms with van der Waals surface area (Å²) in [6, 6.07) is 0. The summed E-state index contributed by atoms with van der Waals surface area (Å²) in [6.45, 7) is 3.94. The van der Waals surface area contributed by atoms with E-state index >= 15 is 0 Å². The Bertz CT molecular complexity index is 477. The van der Waals surface area contributed by atoms with Gasteiger partial charge in [-0.3, -0.25) is 4.79 Å². The Kier molecular flexibility index (Phi) is 6.67. The molecular formula is C14H25BrN2O4S. The maximum absolute atomic E-state index is 12.2. The van der Waals surface area contributed by atoms with E-state index < -0.39 is 10.0 Å². The molecule has 1 heterocycles. The lowest BCUT2D eigenvalue weighted by Crippen LogP contribution is -2.51. The molecule has 2 fully saturated rings. The fourth-order valence-corrected chi connectivity index (χ4v) is 4.82. The van der Waals surface area contributed by atoms with Crippen molar-refractivity contribution in [2.24, 2.45) is 5.92 Å². The Labute approximate surface area is 141 Å². The predicted molar refractivity (Wildman–Crippen MR) is 88.2 cm³/mol. The van der Waals surface area contributed by atoms with Gasteiger partial charge in [0.1, 0.15) is 11.3 Å². The van der Waals surface area contributed by atoms with Crippen molar-refractivity contribution in [2.75, 3.05) is 37.4 Å². The number of halogens is 1. The van der Waals surface area contributed by atoms with Crippen LogP contribution in [0.15, 0.2) is 0 Å². The van der Waals surface area contributed by atoms with Crippen molar-refractivity contribution in [3.63, 3.8) is 0 Å². The summed E-state index contributed by atoms with van der Waals surface area (Å²) < 4.78 is 30.6. The van der Waals surface area contributed by atoms with Gasteiger partial charge in [0.05, 0.1) is 6.10 Å². The van der Waals surface area contributed by atoms with Gasteiger partial charge in [0.25, 0.3) is 0 Å². The lowest BCUT2D eigenvalue weighted by Gasteiger charge is -2.34. The van der Waals surface area contributed by atoms with Crippen LogP contribution in [0.2, 0.25) is 0 Å². The normalized spacial score (nSPS) is 27.8. The molecule has 22 heavy (non-hydrogen) atoms. The van der Waals surface area contributed by atoms with Gasteiger partial charge in [0, 0.05) is 26.2 Å². The number of piperazine rings is 1. The Balaban J connectivity index is 1.73. The van der Waals surface area contributed by atoms with Crippen molar-refractivity contribution in [1.82, 2.24) is 9.21 Å². The van der Waals surface area contributed by atoms with E-state index in [-0.39, 0.29) is 23.3 Å².